The molecule has 1 aliphatic rings. The molecule has 3 rings (SSSR count). The summed E-state index contributed by atoms with van der Waals surface area (Å²) in [7, 11) is 0. The Morgan fingerprint density at radius 1 is 1.00 bits per heavy atom. The molecular formula is C16H11N3O5. The fraction of sp³-hybridized carbons (Fsp3) is 0.0625. The Morgan fingerprint density at radius 3 is 2.17 bits per heavy atom. The second-order valence-corrected chi connectivity index (χ2v) is 4.83. The Kier molecular flexibility index (Phi) is 4.02. The molecule has 1 aromatic heterocycles. The molecule has 3 amide bonds. The molecule has 120 valence electrons. The fourth-order valence-corrected chi connectivity index (χ4v) is 2.14. The van der Waals surface area contributed by atoms with E-state index in [-0.39, 0.29) is 11.1 Å². The molecule has 1 N–H and O–H groups in total. The summed E-state index contributed by atoms with van der Waals surface area (Å²) in [6.45, 7) is -0.492. The molecule has 1 aromatic carbocycles. The largest absolute Gasteiger partial charge is 0.352 e. The third-order valence-corrected chi connectivity index (χ3v) is 3.29. The number of aromatic nitrogens is 1. The second kappa shape index (κ2) is 6.29. The highest BCUT2D eigenvalue weighted by molar-refractivity contribution is 6.20. The Morgan fingerprint density at radius 2 is 1.58 bits per heavy atom. The maximum absolute atomic E-state index is 12.0. The van der Waals surface area contributed by atoms with E-state index in [1.54, 1.807) is 12.1 Å². The number of nitrogens with zero attached hydrogens (tertiary/aromatic N) is 2. The number of hydrogen-bond acceptors (Lipinski definition) is 6. The van der Waals surface area contributed by atoms with Crippen LogP contribution in [0.2, 0.25) is 0 Å². The van der Waals surface area contributed by atoms with Crippen LogP contribution in [0.1, 0.15) is 31.1 Å². The van der Waals surface area contributed by atoms with Gasteiger partial charge in [0.1, 0.15) is 6.54 Å². The van der Waals surface area contributed by atoms with Gasteiger partial charge in [-0.05, 0) is 24.3 Å². The third-order valence-electron chi connectivity index (χ3n) is 3.29. The molecule has 0 saturated heterocycles. The molecule has 0 aliphatic carbocycles. The lowest BCUT2D eigenvalue weighted by Crippen LogP contribution is -2.38. The van der Waals surface area contributed by atoms with Crippen LogP contribution in [0.5, 0.6) is 0 Å². The Labute approximate surface area is 136 Å². The number of hydroxylamine groups is 2. The topological polar surface area (TPSA) is 106 Å². The zero-order chi connectivity index (χ0) is 17.1. The molecule has 0 bridgehead atoms. The first-order valence-electron chi connectivity index (χ1n) is 6.95. The van der Waals surface area contributed by atoms with E-state index >= 15 is 0 Å². The smallest absolute Gasteiger partial charge is 0.341 e. The Balaban J connectivity index is 1.59. The number of fused-ring (bicyclic) bond motifs is 1. The number of nitrogens with one attached hydrogen (secondary N) is 1. The molecule has 0 radical (unpaired) electrons. The lowest BCUT2D eigenvalue weighted by Gasteiger charge is -2.13. The van der Waals surface area contributed by atoms with Gasteiger partial charge in [-0.25, -0.2) is 4.79 Å². The van der Waals surface area contributed by atoms with Gasteiger partial charge in [0.2, 0.25) is 0 Å². The standard InChI is InChI=1S/C16H11N3O5/c20-13(9-18-14(21)10-5-7-17-8-6-10)24-19-15(22)11-3-1-2-4-12(11)16(19)23/h1-8H,9H2,(H,18,21). The molecule has 0 atom stereocenters. The fourth-order valence-electron chi connectivity index (χ4n) is 2.14. The summed E-state index contributed by atoms with van der Waals surface area (Å²) in [6, 6.07) is 9.09. The summed E-state index contributed by atoms with van der Waals surface area (Å²) >= 11 is 0. The van der Waals surface area contributed by atoms with Gasteiger partial charge < -0.3 is 10.2 Å². The summed E-state index contributed by atoms with van der Waals surface area (Å²) in [5, 5.41) is 2.73. The molecule has 8 nitrogen and oxygen atoms in total. The summed E-state index contributed by atoms with van der Waals surface area (Å²) < 4.78 is 0. The van der Waals surface area contributed by atoms with E-state index in [0.29, 0.717) is 10.6 Å². The number of rotatable bonds is 4. The summed E-state index contributed by atoms with van der Waals surface area (Å²) in [4.78, 5) is 56.2. The van der Waals surface area contributed by atoms with Crippen LogP contribution in [0.15, 0.2) is 48.8 Å². The summed E-state index contributed by atoms with van der Waals surface area (Å²) in [6.07, 6.45) is 2.87. The van der Waals surface area contributed by atoms with Crippen LogP contribution in [-0.2, 0) is 9.63 Å². The number of imide groups is 1. The molecule has 2 aromatic rings. The normalized spacial score (nSPS) is 12.8. The van der Waals surface area contributed by atoms with E-state index < -0.39 is 30.2 Å². The van der Waals surface area contributed by atoms with Crippen molar-refractivity contribution < 1.29 is 24.0 Å². The van der Waals surface area contributed by atoms with Crippen molar-refractivity contribution in [3.05, 3.63) is 65.5 Å². The van der Waals surface area contributed by atoms with Crippen molar-refractivity contribution in [3.8, 4) is 0 Å². The van der Waals surface area contributed by atoms with E-state index in [0.717, 1.165) is 0 Å². The number of carbonyl (C=O) groups excluding carboxylic acids is 4. The Bertz CT molecular complexity index is 800. The number of amides is 3. The van der Waals surface area contributed by atoms with Crippen molar-refractivity contribution in [2.24, 2.45) is 0 Å². The zero-order valence-corrected chi connectivity index (χ0v) is 12.3. The van der Waals surface area contributed by atoms with Crippen LogP contribution in [0.4, 0.5) is 0 Å². The number of benzene rings is 1. The second-order valence-electron chi connectivity index (χ2n) is 4.83. The molecule has 24 heavy (non-hydrogen) atoms. The minimum Gasteiger partial charge on any atom is -0.341 e. The van der Waals surface area contributed by atoms with E-state index in [2.05, 4.69) is 10.3 Å². The molecule has 0 spiro atoms. The number of pyridine rings is 1. The van der Waals surface area contributed by atoms with Crippen LogP contribution in [-0.4, -0.2) is 40.3 Å². The van der Waals surface area contributed by atoms with Crippen LogP contribution in [0.3, 0.4) is 0 Å². The van der Waals surface area contributed by atoms with E-state index in [1.807, 2.05) is 0 Å². The zero-order valence-electron chi connectivity index (χ0n) is 12.3. The predicted octanol–water partition coefficient (Wildman–Crippen LogP) is 0.566. The Hall–Kier alpha value is -3.55. The van der Waals surface area contributed by atoms with E-state index in [1.165, 1.54) is 36.7 Å². The molecule has 1 aliphatic heterocycles. The van der Waals surface area contributed by atoms with E-state index in [4.69, 9.17) is 4.84 Å². The quantitative estimate of drug-likeness (QED) is 0.824. The van der Waals surface area contributed by atoms with Gasteiger partial charge in [0.15, 0.2) is 0 Å². The van der Waals surface area contributed by atoms with Crippen molar-refractivity contribution in [2.75, 3.05) is 6.54 Å². The van der Waals surface area contributed by atoms with Gasteiger partial charge >= 0.3 is 5.97 Å². The van der Waals surface area contributed by atoms with Crippen molar-refractivity contribution in [1.29, 1.82) is 0 Å². The highest BCUT2D eigenvalue weighted by atomic mass is 16.7. The molecule has 0 saturated carbocycles. The van der Waals surface area contributed by atoms with Crippen LogP contribution >= 0.6 is 0 Å². The lowest BCUT2D eigenvalue weighted by atomic mass is 10.1. The van der Waals surface area contributed by atoms with Crippen molar-refractivity contribution in [3.63, 3.8) is 0 Å². The monoisotopic (exact) mass is 325 g/mol. The van der Waals surface area contributed by atoms with Gasteiger partial charge in [-0.1, -0.05) is 17.2 Å². The van der Waals surface area contributed by atoms with Crippen molar-refractivity contribution in [1.82, 2.24) is 15.4 Å². The molecule has 0 unspecified atom stereocenters. The first-order chi connectivity index (χ1) is 11.6. The van der Waals surface area contributed by atoms with Crippen LogP contribution in [0.25, 0.3) is 0 Å². The molecule has 2 heterocycles. The van der Waals surface area contributed by atoms with E-state index in [9.17, 15) is 19.2 Å². The lowest BCUT2D eigenvalue weighted by molar-refractivity contribution is -0.167. The van der Waals surface area contributed by atoms with Crippen molar-refractivity contribution >= 4 is 23.7 Å². The van der Waals surface area contributed by atoms with Gasteiger partial charge in [0.05, 0.1) is 11.1 Å². The van der Waals surface area contributed by atoms with Crippen molar-refractivity contribution in [2.45, 2.75) is 0 Å². The maximum atomic E-state index is 12.0. The van der Waals surface area contributed by atoms with Gasteiger partial charge in [-0.3, -0.25) is 19.4 Å². The first kappa shape index (κ1) is 15.3. The maximum Gasteiger partial charge on any atom is 0.352 e. The number of carbonyl (C=O) groups is 4. The highest BCUT2D eigenvalue weighted by Gasteiger charge is 2.38. The predicted molar refractivity (Wildman–Crippen MR) is 79.6 cm³/mol. The van der Waals surface area contributed by atoms with Gasteiger partial charge in [0, 0.05) is 18.0 Å². The minimum atomic E-state index is -0.938. The van der Waals surface area contributed by atoms with Gasteiger partial charge in [-0.2, -0.15) is 0 Å². The van der Waals surface area contributed by atoms with Gasteiger partial charge in [0.25, 0.3) is 17.7 Å². The van der Waals surface area contributed by atoms with Crippen LogP contribution < -0.4 is 5.32 Å². The minimum absolute atomic E-state index is 0.163. The number of hydrogen-bond donors (Lipinski definition) is 1. The summed E-state index contributed by atoms with van der Waals surface area (Å²) in [5.41, 5.74) is 0.644. The molecular weight excluding hydrogens is 314 g/mol. The average Bonchev–Trinajstić information content (AvgIpc) is 2.86. The molecule has 8 heteroatoms. The molecule has 0 fully saturated rings. The summed E-state index contributed by atoms with van der Waals surface area (Å²) in [5.74, 6) is -2.88. The highest BCUT2D eigenvalue weighted by Crippen LogP contribution is 2.22. The van der Waals surface area contributed by atoms with Crippen LogP contribution in [0, 0.1) is 0 Å². The SMILES string of the molecule is O=C(CNC(=O)c1ccncc1)ON1C(=O)c2ccccc2C1=O. The first-order valence-corrected chi connectivity index (χ1v) is 6.95. The van der Waals surface area contributed by atoms with Gasteiger partial charge in [-0.15, -0.1) is 0 Å². The average molecular weight is 325 g/mol. The third kappa shape index (κ3) is 2.84.